The van der Waals surface area contributed by atoms with Crippen LogP contribution in [-0.4, -0.2) is 44.3 Å². The lowest BCUT2D eigenvalue weighted by atomic mass is 10.2. The van der Waals surface area contributed by atoms with E-state index in [0.717, 1.165) is 23.7 Å². The summed E-state index contributed by atoms with van der Waals surface area (Å²) in [5.74, 6) is 1.64. The molecule has 0 amide bonds. The van der Waals surface area contributed by atoms with E-state index in [1.165, 1.54) is 38.9 Å². The zero-order valence-electron chi connectivity index (χ0n) is 13.4. The van der Waals surface area contributed by atoms with Gasteiger partial charge in [-0.3, -0.25) is 0 Å². The van der Waals surface area contributed by atoms with Crippen LogP contribution in [0.4, 0.5) is 5.69 Å². The summed E-state index contributed by atoms with van der Waals surface area (Å²) in [7, 11) is 0. The first-order valence-corrected chi connectivity index (χ1v) is 8.19. The summed E-state index contributed by atoms with van der Waals surface area (Å²) < 4.78 is 11.2. The summed E-state index contributed by atoms with van der Waals surface area (Å²) in [6.45, 7) is 10.0. The molecular formula is C17H28N2O2. The van der Waals surface area contributed by atoms with Crippen LogP contribution in [0.5, 0.6) is 11.5 Å². The molecule has 0 bridgehead atoms. The van der Waals surface area contributed by atoms with Crippen molar-refractivity contribution in [3.8, 4) is 11.5 Å². The van der Waals surface area contributed by atoms with E-state index in [-0.39, 0.29) is 0 Å². The van der Waals surface area contributed by atoms with Crippen molar-refractivity contribution in [2.24, 2.45) is 0 Å². The van der Waals surface area contributed by atoms with E-state index in [9.17, 15) is 0 Å². The highest BCUT2D eigenvalue weighted by Gasteiger charge is 2.10. The Hall–Kier alpha value is -1.42. The van der Waals surface area contributed by atoms with Crippen molar-refractivity contribution in [1.29, 1.82) is 0 Å². The van der Waals surface area contributed by atoms with Crippen LogP contribution in [0.15, 0.2) is 18.2 Å². The summed E-state index contributed by atoms with van der Waals surface area (Å²) >= 11 is 0. The molecule has 1 aromatic carbocycles. The zero-order valence-corrected chi connectivity index (χ0v) is 13.4. The van der Waals surface area contributed by atoms with Crippen LogP contribution in [-0.2, 0) is 0 Å². The average Bonchev–Trinajstić information content (AvgIpc) is 3.00. The fraction of sp³-hybridized carbons (Fsp3) is 0.647. The van der Waals surface area contributed by atoms with Crippen LogP contribution < -0.4 is 14.8 Å². The third-order valence-corrected chi connectivity index (χ3v) is 3.72. The van der Waals surface area contributed by atoms with Crippen LogP contribution in [0.3, 0.4) is 0 Å². The van der Waals surface area contributed by atoms with Gasteiger partial charge in [-0.05, 0) is 64.9 Å². The van der Waals surface area contributed by atoms with Crippen molar-refractivity contribution in [3.63, 3.8) is 0 Å². The molecule has 0 radical (unpaired) electrons. The lowest BCUT2D eigenvalue weighted by Crippen LogP contribution is -2.22. The molecule has 4 nitrogen and oxygen atoms in total. The second-order valence-corrected chi connectivity index (χ2v) is 5.36. The van der Waals surface area contributed by atoms with Crippen LogP contribution >= 0.6 is 0 Å². The molecule has 0 spiro atoms. The van der Waals surface area contributed by atoms with E-state index in [1.807, 2.05) is 26.0 Å². The number of nitrogens with one attached hydrogen (secondary N) is 1. The van der Waals surface area contributed by atoms with Crippen molar-refractivity contribution in [1.82, 2.24) is 4.90 Å². The molecular weight excluding hydrogens is 264 g/mol. The molecule has 2 rings (SSSR count). The lowest BCUT2D eigenvalue weighted by molar-refractivity contribution is 0.288. The number of rotatable bonds is 9. The van der Waals surface area contributed by atoms with Crippen molar-refractivity contribution >= 4 is 5.69 Å². The van der Waals surface area contributed by atoms with E-state index in [2.05, 4.69) is 16.3 Å². The van der Waals surface area contributed by atoms with E-state index >= 15 is 0 Å². The highest BCUT2D eigenvalue weighted by Crippen LogP contribution is 2.30. The van der Waals surface area contributed by atoms with Gasteiger partial charge in [-0.25, -0.2) is 0 Å². The Morgan fingerprint density at radius 1 is 1.05 bits per heavy atom. The number of hydrogen-bond donors (Lipinski definition) is 1. The molecule has 0 saturated carbocycles. The van der Waals surface area contributed by atoms with Gasteiger partial charge in [0.05, 0.1) is 13.2 Å². The highest BCUT2D eigenvalue weighted by molar-refractivity contribution is 5.54. The number of nitrogens with zero attached hydrogens (tertiary/aromatic N) is 1. The van der Waals surface area contributed by atoms with Gasteiger partial charge in [0.2, 0.25) is 0 Å². The molecule has 1 aliphatic heterocycles. The van der Waals surface area contributed by atoms with Crippen LogP contribution in [0, 0.1) is 0 Å². The Kier molecular flexibility index (Phi) is 6.67. The second kappa shape index (κ2) is 8.78. The summed E-state index contributed by atoms with van der Waals surface area (Å²) in [6.07, 6.45) is 3.91. The Balaban J connectivity index is 1.80. The summed E-state index contributed by atoms with van der Waals surface area (Å²) in [4.78, 5) is 2.55. The smallest absolute Gasteiger partial charge is 0.163 e. The van der Waals surface area contributed by atoms with Gasteiger partial charge in [0, 0.05) is 18.3 Å². The molecule has 0 aromatic heterocycles. The number of hydrogen-bond acceptors (Lipinski definition) is 4. The Morgan fingerprint density at radius 3 is 2.48 bits per heavy atom. The third kappa shape index (κ3) is 5.12. The molecule has 118 valence electrons. The largest absolute Gasteiger partial charge is 0.490 e. The van der Waals surface area contributed by atoms with E-state index in [1.54, 1.807) is 0 Å². The molecule has 1 heterocycles. The fourth-order valence-corrected chi connectivity index (χ4v) is 2.70. The predicted octanol–water partition coefficient (Wildman–Crippen LogP) is 3.38. The Morgan fingerprint density at radius 2 is 1.76 bits per heavy atom. The summed E-state index contributed by atoms with van der Waals surface area (Å²) in [5, 5.41) is 3.47. The summed E-state index contributed by atoms with van der Waals surface area (Å²) in [5.41, 5.74) is 1.10. The monoisotopic (exact) mass is 292 g/mol. The van der Waals surface area contributed by atoms with Crippen LogP contribution in [0.1, 0.15) is 33.1 Å². The maximum Gasteiger partial charge on any atom is 0.163 e. The fourth-order valence-electron chi connectivity index (χ4n) is 2.70. The molecule has 0 unspecified atom stereocenters. The molecule has 0 aliphatic carbocycles. The first-order chi connectivity index (χ1) is 10.3. The second-order valence-electron chi connectivity index (χ2n) is 5.36. The zero-order chi connectivity index (χ0) is 14.9. The van der Waals surface area contributed by atoms with E-state index < -0.39 is 0 Å². The van der Waals surface area contributed by atoms with Crippen LogP contribution in [0.25, 0.3) is 0 Å². The van der Waals surface area contributed by atoms with Gasteiger partial charge in [0.1, 0.15) is 0 Å². The quantitative estimate of drug-likeness (QED) is 0.707. The number of ether oxygens (including phenoxy) is 2. The lowest BCUT2D eigenvalue weighted by Gasteiger charge is -2.16. The predicted molar refractivity (Wildman–Crippen MR) is 87.6 cm³/mol. The Bertz CT molecular complexity index is 417. The topological polar surface area (TPSA) is 33.7 Å². The van der Waals surface area contributed by atoms with Gasteiger partial charge < -0.3 is 19.7 Å². The van der Waals surface area contributed by atoms with Crippen LogP contribution in [0.2, 0.25) is 0 Å². The standard InChI is InChI=1S/C17H28N2O2/c1-3-20-16-9-8-15(14-17(16)21-4-2)18-10-7-13-19-11-5-6-12-19/h8-9,14,18H,3-7,10-13H2,1-2H3. The van der Waals surface area contributed by atoms with E-state index in [0.29, 0.717) is 13.2 Å². The van der Waals surface area contributed by atoms with Gasteiger partial charge >= 0.3 is 0 Å². The number of benzene rings is 1. The first kappa shape index (κ1) is 16.0. The SMILES string of the molecule is CCOc1ccc(NCCCN2CCCC2)cc1OCC. The van der Waals surface area contributed by atoms with Crippen molar-refractivity contribution in [2.45, 2.75) is 33.1 Å². The number of anilines is 1. The first-order valence-electron chi connectivity index (χ1n) is 8.19. The number of likely N-dealkylation sites (tertiary alicyclic amines) is 1. The normalized spacial score (nSPS) is 15.1. The maximum absolute atomic E-state index is 5.64. The Labute approximate surface area is 128 Å². The summed E-state index contributed by atoms with van der Waals surface area (Å²) in [6, 6.07) is 6.07. The minimum Gasteiger partial charge on any atom is -0.490 e. The maximum atomic E-state index is 5.64. The molecule has 21 heavy (non-hydrogen) atoms. The van der Waals surface area contributed by atoms with E-state index in [4.69, 9.17) is 9.47 Å². The van der Waals surface area contributed by atoms with Gasteiger partial charge in [-0.1, -0.05) is 0 Å². The van der Waals surface area contributed by atoms with Crippen molar-refractivity contribution < 1.29 is 9.47 Å². The molecule has 0 atom stereocenters. The highest BCUT2D eigenvalue weighted by atomic mass is 16.5. The minimum atomic E-state index is 0.651. The molecule has 1 saturated heterocycles. The average molecular weight is 292 g/mol. The van der Waals surface area contributed by atoms with Crippen molar-refractivity contribution in [2.75, 3.05) is 44.7 Å². The third-order valence-electron chi connectivity index (χ3n) is 3.72. The molecule has 1 fully saturated rings. The van der Waals surface area contributed by atoms with Gasteiger partial charge in [-0.15, -0.1) is 0 Å². The molecule has 1 aromatic rings. The van der Waals surface area contributed by atoms with Gasteiger partial charge in [-0.2, -0.15) is 0 Å². The van der Waals surface area contributed by atoms with Crippen molar-refractivity contribution in [3.05, 3.63) is 18.2 Å². The minimum absolute atomic E-state index is 0.651. The molecule has 4 heteroatoms. The van der Waals surface area contributed by atoms with Gasteiger partial charge in [0.15, 0.2) is 11.5 Å². The molecule has 1 aliphatic rings. The van der Waals surface area contributed by atoms with Gasteiger partial charge in [0.25, 0.3) is 0 Å². The molecule has 1 N–H and O–H groups in total.